The Morgan fingerprint density at radius 2 is 1.73 bits per heavy atom. The van der Waals surface area contributed by atoms with Crippen molar-refractivity contribution in [2.75, 3.05) is 33.0 Å². The maximum absolute atomic E-state index is 13.9. The van der Waals surface area contributed by atoms with Crippen LogP contribution in [0.5, 0.6) is 11.5 Å². The maximum atomic E-state index is 13.9. The number of hydrogen-bond acceptors (Lipinski definition) is 7. The second kappa shape index (κ2) is 10.5. The summed E-state index contributed by atoms with van der Waals surface area (Å²) in [5.74, 6) is 1.37. The van der Waals surface area contributed by atoms with Gasteiger partial charge in [-0.1, -0.05) is 24.3 Å². The first-order chi connectivity index (χ1) is 19.4. The number of benzene rings is 3. The molecule has 2 aliphatic heterocycles. The highest BCUT2D eigenvalue weighted by atomic mass is 16.7. The highest BCUT2D eigenvalue weighted by Gasteiger charge is 2.27. The molecule has 0 saturated carbocycles. The van der Waals surface area contributed by atoms with Crippen LogP contribution < -0.4 is 9.47 Å². The van der Waals surface area contributed by atoms with Crippen LogP contribution in [0.1, 0.15) is 27.2 Å². The minimum atomic E-state index is -0.446. The molecular formula is C30H29N5O5. The van der Waals surface area contributed by atoms with Gasteiger partial charge < -0.3 is 14.4 Å². The summed E-state index contributed by atoms with van der Waals surface area (Å²) in [5, 5.41) is 16.2. The Kier molecular flexibility index (Phi) is 6.69. The fourth-order valence-corrected chi connectivity index (χ4v) is 5.08. The van der Waals surface area contributed by atoms with Crippen molar-refractivity contribution in [3.8, 4) is 28.4 Å². The molecule has 1 amide bonds. The highest BCUT2D eigenvalue weighted by molar-refractivity contribution is 5.94. The SMILES string of the molecule is Cc1ccc(-c2cc(C(=O)N3CCN(Cc4ccc5c(c4)OCO5)CC3)n(-c3cccc([N+](=O)[O-])c3)n2)cc1C. The van der Waals surface area contributed by atoms with Crippen LogP contribution in [0, 0.1) is 24.0 Å². The van der Waals surface area contributed by atoms with E-state index in [9.17, 15) is 14.9 Å². The van der Waals surface area contributed by atoms with Crippen molar-refractivity contribution in [1.82, 2.24) is 19.6 Å². The molecule has 3 heterocycles. The molecule has 0 aliphatic carbocycles. The molecule has 1 aromatic heterocycles. The minimum absolute atomic E-state index is 0.0590. The first kappa shape index (κ1) is 25.6. The number of fused-ring (bicyclic) bond motifs is 1. The van der Waals surface area contributed by atoms with Gasteiger partial charge in [0.2, 0.25) is 6.79 Å². The third-order valence-corrected chi connectivity index (χ3v) is 7.52. The molecule has 0 spiro atoms. The van der Waals surface area contributed by atoms with Gasteiger partial charge in [-0.2, -0.15) is 5.10 Å². The average molecular weight is 540 g/mol. The van der Waals surface area contributed by atoms with Gasteiger partial charge in [0.15, 0.2) is 11.5 Å². The lowest BCUT2D eigenvalue weighted by Gasteiger charge is -2.34. The fourth-order valence-electron chi connectivity index (χ4n) is 5.08. The molecule has 10 nitrogen and oxygen atoms in total. The molecule has 10 heteroatoms. The summed E-state index contributed by atoms with van der Waals surface area (Å²) in [6.45, 7) is 7.63. The van der Waals surface area contributed by atoms with Gasteiger partial charge in [-0.15, -0.1) is 0 Å². The Bertz CT molecular complexity index is 1610. The van der Waals surface area contributed by atoms with E-state index in [0.29, 0.717) is 30.2 Å². The van der Waals surface area contributed by atoms with Gasteiger partial charge in [-0.25, -0.2) is 4.68 Å². The van der Waals surface area contributed by atoms with Crippen LogP contribution in [0.2, 0.25) is 0 Å². The van der Waals surface area contributed by atoms with E-state index in [1.165, 1.54) is 16.8 Å². The van der Waals surface area contributed by atoms with E-state index < -0.39 is 4.92 Å². The molecule has 1 fully saturated rings. The predicted molar refractivity (Wildman–Crippen MR) is 149 cm³/mol. The van der Waals surface area contributed by atoms with Gasteiger partial charge in [-0.3, -0.25) is 19.8 Å². The summed E-state index contributed by atoms with van der Waals surface area (Å²) in [7, 11) is 0. The molecule has 1 saturated heterocycles. The second-order valence-corrected chi connectivity index (χ2v) is 10.2. The number of rotatable bonds is 6. The number of aromatic nitrogens is 2. The number of amides is 1. The van der Waals surface area contributed by atoms with Gasteiger partial charge in [0.1, 0.15) is 5.69 Å². The lowest BCUT2D eigenvalue weighted by atomic mass is 10.0. The van der Waals surface area contributed by atoms with Gasteiger partial charge >= 0.3 is 0 Å². The average Bonchev–Trinajstić information content (AvgIpc) is 3.62. The number of piperazine rings is 1. The largest absolute Gasteiger partial charge is 0.454 e. The Balaban J connectivity index is 1.24. The first-order valence-corrected chi connectivity index (χ1v) is 13.2. The van der Waals surface area contributed by atoms with Crippen LogP contribution in [0.15, 0.2) is 66.7 Å². The summed E-state index contributed by atoms with van der Waals surface area (Å²) in [6.07, 6.45) is 0. The molecule has 0 atom stereocenters. The summed E-state index contributed by atoms with van der Waals surface area (Å²) >= 11 is 0. The summed E-state index contributed by atoms with van der Waals surface area (Å²) < 4.78 is 12.4. The van der Waals surface area contributed by atoms with E-state index in [2.05, 4.69) is 4.90 Å². The number of ether oxygens (including phenoxy) is 2. The maximum Gasteiger partial charge on any atom is 0.272 e. The number of hydrogen-bond donors (Lipinski definition) is 0. The lowest BCUT2D eigenvalue weighted by Crippen LogP contribution is -2.48. The number of nitrogens with zero attached hydrogens (tertiary/aromatic N) is 5. The molecule has 0 radical (unpaired) electrons. The quantitative estimate of drug-likeness (QED) is 0.257. The van der Waals surface area contributed by atoms with Crippen LogP contribution >= 0.6 is 0 Å². The molecule has 2 aliphatic rings. The number of carbonyl (C=O) groups is 1. The Morgan fingerprint density at radius 3 is 2.50 bits per heavy atom. The second-order valence-electron chi connectivity index (χ2n) is 10.2. The number of nitro benzene ring substituents is 1. The van der Waals surface area contributed by atoms with E-state index in [0.717, 1.165) is 53.4 Å². The lowest BCUT2D eigenvalue weighted by molar-refractivity contribution is -0.384. The molecular weight excluding hydrogens is 510 g/mol. The van der Waals surface area contributed by atoms with Crippen molar-refractivity contribution < 1.29 is 19.2 Å². The zero-order valence-corrected chi connectivity index (χ0v) is 22.4. The van der Waals surface area contributed by atoms with Crippen molar-refractivity contribution in [2.45, 2.75) is 20.4 Å². The van der Waals surface area contributed by atoms with Crippen molar-refractivity contribution >= 4 is 11.6 Å². The topological polar surface area (TPSA) is 103 Å². The number of nitro groups is 1. The number of aryl methyl sites for hydroxylation is 2. The smallest absolute Gasteiger partial charge is 0.272 e. The monoisotopic (exact) mass is 539 g/mol. The Labute approximate surface area is 231 Å². The van der Waals surface area contributed by atoms with Gasteiger partial charge in [0, 0.05) is 50.4 Å². The fraction of sp³-hybridized carbons (Fsp3) is 0.267. The minimum Gasteiger partial charge on any atom is -0.454 e. The Hall–Kier alpha value is -4.70. The zero-order chi connectivity index (χ0) is 27.8. The highest BCUT2D eigenvalue weighted by Crippen LogP contribution is 2.33. The molecule has 6 rings (SSSR count). The molecule has 0 N–H and O–H groups in total. The van der Waals surface area contributed by atoms with Crippen LogP contribution in [0.3, 0.4) is 0 Å². The van der Waals surface area contributed by atoms with Gasteiger partial charge in [0.05, 0.1) is 16.3 Å². The van der Waals surface area contributed by atoms with Crippen molar-refractivity contribution in [3.63, 3.8) is 0 Å². The van der Waals surface area contributed by atoms with Gasteiger partial charge in [-0.05, 0) is 60.9 Å². The van der Waals surface area contributed by atoms with Crippen LogP contribution in [-0.2, 0) is 6.54 Å². The van der Waals surface area contributed by atoms with Crippen molar-refractivity contribution in [1.29, 1.82) is 0 Å². The molecule has 40 heavy (non-hydrogen) atoms. The zero-order valence-electron chi connectivity index (χ0n) is 22.4. The molecule has 3 aromatic carbocycles. The van der Waals surface area contributed by atoms with Crippen LogP contribution in [0.4, 0.5) is 5.69 Å². The standard InChI is InChI=1S/C30H29N5O5/c1-20-6-8-23(14-21(20)2)26-17-27(34(31-26)24-4-3-5-25(16-24)35(37)38)30(36)33-12-10-32(11-13-33)18-22-7-9-28-29(15-22)40-19-39-28/h3-9,14-17H,10-13,18-19H2,1-2H3. The summed E-state index contributed by atoms with van der Waals surface area (Å²) in [5.41, 5.74) is 5.72. The molecule has 0 bridgehead atoms. The van der Waals surface area contributed by atoms with E-state index in [1.807, 2.05) is 55.1 Å². The number of non-ortho nitro benzene ring substituents is 1. The van der Waals surface area contributed by atoms with Crippen LogP contribution in [-0.4, -0.2) is 63.4 Å². The summed E-state index contributed by atoms with van der Waals surface area (Å²) in [4.78, 5) is 29.0. The van der Waals surface area contributed by atoms with Crippen molar-refractivity contribution in [2.24, 2.45) is 0 Å². The molecule has 0 unspecified atom stereocenters. The van der Waals surface area contributed by atoms with Crippen molar-refractivity contribution in [3.05, 3.63) is 99.2 Å². The van der Waals surface area contributed by atoms with E-state index in [-0.39, 0.29) is 18.4 Å². The van der Waals surface area contributed by atoms with E-state index in [4.69, 9.17) is 14.6 Å². The van der Waals surface area contributed by atoms with Crippen LogP contribution in [0.25, 0.3) is 16.9 Å². The number of carbonyl (C=O) groups excluding carboxylic acids is 1. The first-order valence-electron chi connectivity index (χ1n) is 13.2. The third kappa shape index (κ3) is 5.01. The molecule has 4 aromatic rings. The normalized spacial score (nSPS) is 14.9. The summed E-state index contributed by atoms with van der Waals surface area (Å²) in [6, 6.07) is 20.0. The predicted octanol–water partition coefficient (Wildman–Crippen LogP) is 4.75. The van der Waals surface area contributed by atoms with E-state index >= 15 is 0 Å². The Morgan fingerprint density at radius 1 is 0.925 bits per heavy atom. The molecule has 204 valence electrons. The third-order valence-electron chi connectivity index (χ3n) is 7.52. The van der Waals surface area contributed by atoms with Gasteiger partial charge in [0.25, 0.3) is 11.6 Å². The van der Waals surface area contributed by atoms with E-state index in [1.54, 1.807) is 18.2 Å².